The van der Waals surface area contributed by atoms with Crippen molar-refractivity contribution < 1.29 is 28.3 Å². The van der Waals surface area contributed by atoms with Crippen LogP contribution in [0.2, 0.25) is 15.3 Å². The minimum absolute atomic E-state index is 0.0705. The zero-order valence-corrected chi connectivity index (χ0v) is 32.3. The first-order valence-corrected chi connectivity index (χ1v) is 19.4. The molecule has 280 valence electrons. The van der Waals surface area contributed by atoms with Crippen LogP contribution in [-0.2, 0) is 21.4 Å². The Kier molecular flexibility index (Phi) is 7.62. The summed E-state index contributed by atoms with van der Waals surface area (Å²) >= 11 is 21.0. The van der Waals surface area contributed by atoms with E-state index < -0.39 is 35.5 Å². The topological polar surface area (TPSA) is 156 Å². The normalized spacial score (nSPS) is 22.1. The number of carbonyl (C=O) groups is 2. The number of carbonyl (C=O) groups excluding carboxylic acids is 2. The van der Waals surface area contributed by atoms with Gasteiger partial charge >= 0.3 is 0 Å². The van der Waals surface area contributed by atoms with Gasteiger partial charge in [0.1, 0.15) is 28.5 Å². The lowest BCUT2D eigenvalue weighted by molar-refractivity contribution is -0.135. The van der Waals surface area contributed by atoms with E-state index in [0.29, 0.717) is 27.2 Å². The summed E-state index contributed by atoms with van der Waals surface area (Å²) in [6.07, 6.45) is -1.89. The van der Waals surface area contributed by atoms with Crippen molar-refractivity contribution in [2.24, 2.45) is 17.8 Å². The number of ketones is 1. The number of halogens is 3. The molecule has 4 N–H and O–H groups in total. The minimum atomic E-state index is -1.21. The molecule has 11 nitrogen and oxygen atoms in total. The molecule has 14 heteroatoms. The number of benzene rings is 3. The number of Topliss-reactive ketones (excluding diaryl/α,β-unsaturated/α-hetero) is 1. The molecule has 1 unspecified atom stereocenters. The first-order valence-electron chi connectivity index (χ1n) is 18.3. The van der Waals surface area contributed by atoms with Gasteiger partial charge in [0.25, 0.3) is 5.89 Å². The number of oxazole rings is 2. The number of nitrogens with zero attached hydrogens (tertiary/aromatic N) is 2. The van der Waals surface area contributed by atoms with Crippen LogP contribution in [0.15, 0.2) is 57.4 Å². The minimum Gasteiger partial charge on any atom is -0.469 e. The highest BCUT2D eigenvalue weighted by atomic mass is 35.5. The number of H-pyrrole nitrogens is 1. The molecular weight excluding hydrogens is 765 g/mol. The van der Waals surface area contributed by atoms with Gasteiger partial charge in [-0.3, -0.25) is 9.59 Å². The molecule has 3 aromatic heterocycles. The van der Waals surface area contributed by atoms with Crippen molar-refractivity contribution in [1.82, 2.24) is 20.3 Å². The largest absolute Gasteiger partial charge is 0.469 e. The summed E-state index contributed by atoms with van der Waals surface area (Å²) in [7, 11) is 0. The average Bonchev–Trinajstić information content (AvgIpc) is 3.94. The standard InChI is InChI=1S/C41H34Cl3N5O6/c1-15(2)29-38-47-31-34(55-38)41-22-11-17(10-18(37(52)46-29)12-25(50)32(51)16(3)4)8-9-26(22)53-40(41)48-30-21(13-19(42)14-23(30)41)20-6-5-7-24-27(20)28(35(43)45-24)33-36(44)49-39(31)54-33/h5-9,11,13-16,18,29,32,40,45,48,51H,10,12H2,1-4H3,(H,46,52)/t18-,29+,32+,40+,41?/m1/s1. The van der Waals surface area contributed by atoms with E-state index in [4.69, 9.17) is 58.3 Å². The predicted octanol–water partition coefficient (Wildman–Crippen LogP) is 8.86. The summed E-state index contributed by atoms with van der Waals surface area (Å²) in [5, 5.41) is 19.2. The van der Waals surface area contributed by atoms with Crippen LogP contribution in [0.25, 0.3) is 44.9 Å². The van der Waals surface area contributed by atoms with Gasteiger partial charge in [0.05, 0.1) is 5.56 Å². The maximum atomic E-state index is 14.3. The van der Waals surface area contributed by atoms with Crippen LogP contribution in [0.3, 0.4) is 0 Å². The zero-order chi connectivity index (χ0) is 38.2. The molecule has 7 heterocycles. The summed E-state index contributed by atoms with van der Waals surface area (Å²) in [6, 6.07) is 14.7. The SMILES string of the molecule is CC(C)[C@H](O)C(=O)C[C@H]1Cc2ccc3c(c2)C24c5cc(Cl)cc(c5N[C@H]2O3)-c2cccc3[nH]c(Cl)c(c23)-c2oc(nc2Cl)-c2nc(oc24)[C@H](C(C)C)NC1=O. The number of aromatic amines is 1. The number of aromatic nitrogens is 3. The number of amides is 1. The predicted molar refractivity (Wildman–Crippen MR) is 208 cm³/mol. The third-order valence-corrected chi connectivity index (χ3v) is 12.2. The lowest BCUT2D eigenvalue weighted by atomic mass is 9.72. The molecule has 4 aliphatic heterocycles. The summed E-state index contributed by atoms with van der Waals surface area (Å²) in [4.78, 5) is 40.7. The van der Waals surface area contributed by atoms with E-state index in [9.17, 15) is 14.7 Å². The molecule has 5 atom stereocenters. The lowest BCUT2D eigenvalue weighted by Crippen LogP contribution is -2.41. The fourth-order valence-electron chi connectivity index (χ4n) is 8.83. The first-order chi connectivity index (χ1) is 26.3. The number of anilines is 1. The van der Waals surface area contributed by atoms with Crippen molar-refractivity contribution in [2.45, 2.75) is 64.3 Å². The number of ether oxygens (including phenoxy) is 1. The number of aliphatic hydroxyl groups is 1. The van der Waals surface area contributed by atoms with Crippen LogP contribution >= 0.6 is 34.8 Å². The summed E-state index contributed by atoms with van der Waals surface area (Å²) in [5.74, 6) is -0.623. The van der Waals surface area contributed by atoms with Gasteiger partial charge in [-0.1, -0.05) is 86.8 Å². The number of hydrogen-bond acceptors (Lipinski definition) is 9. The molecule has 10 rings (SSSR count). The summed E-state index contributed by atoms with van der Waals surface area (Å²) in [5.41, 5.74) is 4.99. The molecule has 1 amide bonds. The van der Waals surface area contributed by atoms with E-state index in [-0.39, 0.29) is 59.0 Å². The van der Waals surface area contributed by atoms with E-state index in [1.165, 1.54) is 0 Å². The van der Waals surface area contributed by atoms with Gasteiger partial charge in [0, 0.05) is 50.6 Å². The van der Waals surface area contributed by atoms with Crippen molar-refractivity contribution in [3.8, 4) is 39.8 Å². The Morgan fingerprint density at radius 3 is 2.60 bits per heavy atom. The molecule has 0 radical (unpaired) electrons. The Hall–Kier alpha value is -4.81. The van der Waals surface area contributed by atoms with Crippen LogP contribution in [0.4, 0.5) is 5.69 Å². The molecule has 0 saturated carbocycles. The molecule has 0 saturated heterocycles. The van der Waals surface area contributed by atoms with E-state index in [1.54, 1.807) is 13.8 Å². The van der Waals surface area contributed by atoms with Gasteiger partial charge in [-0.15, -0.1) is 0 Å². The van der Waals surface area contributed by atoms with E-state index >= 15 is 0 Å². The van der Waals surface area contributed by atoms with Crippen molar-refractivity contribution in [3.05, 3.63) is 92.2 Å². The number of hydrogen-bond donors (Lipinski definition) is 4. The van der Waals surface area contributed by atoms with Crippen molar-refractivity contribution in [2.75, 3.05) is 5.32 Å². The number of rotatable bonds is 5. The van der Waals surface area contributed by atoms with Crippen molar-refractivity contribution >= 4 is 63.1 Å². The van der Waals surface area contributed by atoms with Crippen molar-refractivity contribution in [3.63, 3.8) is 0 Å². The highest BCUT2D eigenvalue weighted by Gasteiger charge is 2.62. The molecular formula is C41H34Cl3N5O6. The smallest absolute Gasteiger partial charge is 0.250 e. The number of fused-ring (bicyclic) bond motifs is 7. The molecule has 4 aliphatic rings. The van der Waals surface area contributed by atoms with Gasteiger partial charge < -0.3 is 34.3 Å². The molecule has 0 fully saturated rings. The molecule has 3 aromatic carbocycles. The second-order valence-corrected chi connectivity index (χ2v) is 16.7. The van der Waals surface area contributed by atoms with Gasteiger partial charge in [0.2, 0.25) is 11.8 Å². The Labute approximate surface area is 329 Å². The maximum Gasteiger partial charge on any atom is 0.250 e. The van der Waals surface area contributed by atoms with Gasteiger partial charge in [-0.05, 0) is 53.6 Å². The van der Waals surface area contributed by atoms with Gasteiger partial charge in [-0.25, -0.2) is 4.98 Å². The second-order valence-electron chi connectivity index (χ2n) is 15.6. The van der Waals surface area contributed by atoms with Gasteiger partial charge in [0.15, 0.2) is 34.4 Å². The molecule has 6 aromatic rings. The van der Waals surface area contributed by atoms with Crippen LogP contribution in [0.5, 0.6) is 5.75 Å². The molecule has 10 bridgehead atoms. The monoisotopic (exact) mass is 797 g/mol. The fraction of sp³-hybridized carbons (Fsp3) is 0.317. The maximum absolute atomic E-state index is 14.3. The lowest BCUT2D eigenvalue weighted by Gasteiger charge is -2.29. The number of nitrogens with one attached hydrogen (secondary N) is 3. The van der Waals surface area contributed by atoms with Crippen LogP contribution in [0, 0.1) is 17.8 Å². The van der Waals surface area contributed by atoms with Crippen LogP contribution in [0.1, 0.15) is 68.5 Å². The zero-order valence-electron chi connectivity index (χ0n) is 30.0. The molecule has 55 heavy (non-hydrogen) atoms. The quantitative estimate of drug-likeness (QED) is 0.134. The molecule has 0 aliphatic carbocycles. The third-order valence-electron chi connectivity index (χ3n) is 11.5. The van der Waals surface area contributed by atoms with Gasteiger partial charge in [-0.2, -0.15) is 4.98 Å². The van der Waals surface area contributed by atoms with Crippen LogP contribution < -0.4 is 15.4 Å². The highest BCUT2D eigenvalue weighted by molar-refractivity contribution is 6.38. The molecule has 1 spiro atoms. The first kappa shape index (κ1) is 34.7. The highest BCUT2D eigenvalue weighted by Crippen LogP contribution is 2.62. The van der Waals surface area contributed by atoms with E-state index in [2.05, 4.69) is 15.6 Å². The van der Waals surface area contributed by atoms with E-state index in [0.717, 1.165) is 44.4 Å². The van der Waals surface area contributed by atoms with Crippen molar-refractivity contribution in [1.29, 1.82) is 0 Å². The average molecular weight is 799 g/mol. The second kappa shape index (κ2) is 12.1. The third kappa shape index (κ3) is 4.86. The fourth-order valence-corrected chi connectivity index (χ4v) is 9.54. The van der Waals surface area contributed by atoms with Crippen LogP contribution in [-0.4, -0.2) is 44.1 Å². The summed E-state index contributed by atoms with van der Waals surface area (Å²) < 4.78 is 20.4. The Morgan fingerprint density at radius 2 is 1.82 bits per heavy atom. The Morgan fingerprint density at radius 1 is 1.00 bits per heavy atom. The Balaban J connectivity index is 1.31. The Bertz CT molecular complexity index is 2640. The van der Waals surface area contributed by atoms with E-state index in [1.807, 2.05) is 62.4 Å². The summed E-state index contributed by atoms with van der Waals surface area (Å²) in [6.45, 7) is 7.44. The number of aliphatic hydroxyl groups excluding tert-OH is 1.